The summed E-state index contributed by atoms with van der Waals surface area (Å²) in [6.45, 7) is 3.30. The molecule has 0 aliphatic carbocycles. The SMILES string of the molecule is CCS(=O)(=O)C[C@@H](C)N(C)C(=O)c1cc(Br)ccc1Cl. The van der Waals surface area contributed by atoms with Gasteiger partial charge in [-0.2, -0.15) is 0 Å². The number of sulfone groups is 1. The van der Waals surface area contributed by atoms with Gasteiger partial charge in [-0.05, 0) is 25.1 Å². The van der Waals surface area contributed by atoms with Crippen LogP contribution in [0.15, 0.2) is 22.7 Å². The molecule has 4 nitrogen and oxygen atoms in total. The van der Waals surface area contributed by atoms with Crippen LogP contribution in [0.3, 0.4) is 0 Å². The summed E-state index contributed by atoms with van der Waals surface area (Å²) in [7, 11) is -1.56. The second-order valence-electron chi connectivity index (χ2n) is 4.59. The lowest BCUT2D eigenvalue weighted by Gasteiger charge is -2.25. The van der Waals surface area contributed by atoms with Crippen LogP contribution in [0, 0.1) is 0 Å². The number of nitrogens with zero attached hydrogens (tertiary/aromatic N) is 1. The summed E-state index contributed by atoms with van der Waals surface area (Å²) >= 11 is 9.30. The Morgan fingerprint density at radius 3 is 2.60 bits per heavy atom. The number of benzene rings is 1. The summed E-state index contributed by atoms with van der Waals surface area (Å²) in [5, 5.41) is 0.343. The van der Waals surface area contributed by atoms with Gasteiger partial charge in [0.25, 0.3) is 5.91 Å². The molecule has 0 bridgehead atoms. The topological polar surface area (TPSA) is 54.5 Å². The molecule has 0 heterocycles. The molecule has 0 N–H and O–H groups in total. The van der Waals surface area contributed by atoms with E-state index in [4.69, 9.17) is 11.6 Å². The molecule has 0 aromatic heterocycles. The average Bonchev–Trinajstić information content (AvgIpc) is 2.39. The zero-order valence-corrected chi connectivity index (χ0v) is 14.7. The van der Waals surface area contributed by atoms with Crippen LogP contribution in [0.1, 0.15) is 24.2 Å². The highest BCUT2D eigenvalue weighted by atomic mass is 79.9. The maximum Gasteiger partial charge on any atom is 0.255 e. The van der Waals surface area contributed by atoms with Crippen LogP contribution in [-0.4, -0.2) is 43.8 Å². The van der Waals surface area contributed by atoms with Crippen LogP contribution in [0.2, 0.25) is 5.02 Å². The Balaban J connectivity index is 2.94. The third-order valence-corrected chi connectivity index (χ3v) is 5.77. The Hall–Kier alpha value is -0.590. The second kappa shape index (κ2) is 6.91. The van der Waals surface area contributed by atoms with E-state index in [2.05, 4.69) is 15.9 Å². The number of amides is 1. The third kappa shape index (κ3) is 4.46. The van der Waals surface area contributed by atoms with Crippen LogP contribution >= 0.6 is 27.5 Å². The van der Waals surface area contributed by atoms with E-state index in [0.29, 0.717) is 10.6 Å². The molecule has 20 heavy (non-hydrogen) atoms. The fraction of sp³-hybridized carbons (Fsp3) is 0.462. The number of carbonyl (C=O) groups is 1. The van der Waals surface area contributed by atoms with Crippen molar-refractivity contribution in [3.05, 3.63) is 33.3 Å². The van der Waals surface area contributed by atoms with Crippen molar-refractivity contribution in [2.45, 2.75) is 19.9 Å². The highest BCUT2D eigenvalue weighted by molar-refractivity contribution is 9.10. The number of carbonyl (C=O) groups excluding carboxylic acids is 1. The smallest absolute Gasteiger partial charge is 0.255 e. The summed E-state index contributed by atoms with van der Waals surface area (Å²) in [6, 6.07) is 4.58. The van der Waals surface area contributed by atoms with E-state index >= 15 is 0 Å². The first-order chi connectivity index (χ1) is 9.18. The minimum Gasteiger partial charge on any atom is -0.338 e. The Labute approximate surface area is 133 Å². The van der Waals surface area contributed by atoms with Crippen LogP contribution in [0.25, 0.3) is 0 Å². The van der Waals surface area contributed by atoms with Crippen LogP contribution in [0.4, 0.5) is 0 Å². The Bertz CT molecular complexity index is 604. The first-order valence-electron chi connectivity index (χ1n) is 6.10. The molecule has 0 saturated heterocycles. The lowest BCUT2D eigenvalue weighted by molar-refractivity contribution is 0.0757. The Morgan fingerprint density at radius 1 is 1.45 bits per heavy atom. The third-order valence-electron chi connectivity index (χ3n) is 3.08. The predicted octanol–water partition coefficient (Wildman–Crippen LogP) is 3.00. The molecule has 0 saturated carbocycles. The monoisotopic (exact) mass is 381 g/mol. The first kappa shape index (κ1) is 17.5. The molecule has 1 aromatic rings. The van der Waals surface area contributed by atoms with Crippen LogP contribution in [-0.2, 0) is 9.84 Å². The van der Waals surface area contributed by atoms with E-state index in [9.17, 15) is 13.2 Å². The highest BCUT2D eigenvalue weighted by Crippen LogP contribution is 2.22. The van der Waals surface area contributed by atoms with E-state index < -0.39 is 15.9 Å². The van der Waals surface area contributed by atoms with Crippen molar-refractivity contribution >= 4 is 43.3 Å². The molecule has 1 aromatic carbocycles. The van der Waals surface area contributed by atoms with Crippen molar-refractivity contribution < 1.29 is 13.2 Å². The lowest BCUT2D eigenvalue weighted by Crippen LogP contribution is -2.39. The normalized spacial score (nSPS) is 13.1. The quantitative estimate of drug-likeness (QED) is 0.786. The van der Waals surface area contributed by atoms with Crippen molar-refractivity contribution in [2.75, 3.05) is 18.6 Å². The molecule has 112 valence electrons. The maximum absolute atomic E-state index is 12.4. The molecular weight excluding hydrogens is 366 g/mol. The Morgan fingerprint density at radius 2 is 2.05 bits per heavy atom. The molecule has 0 unspecified atom stereocenters. The van der Waals surface area contributed by atoms with Crippen molar-refractivity contribution in [1.82, 2.24) is 4.90 Å². The maximum atomic E-state index is 12.4. The molecule has 1 atom stereocenters. The Kier molecular flexibility index (Phi) is 6.04. The zero-order valence-electron chi connectivity index (χ0n) is 11.6. The van der Waals surface area contributed by atoms with Gasteiger partial charge in [0.15, 0.2) is 9.84 Å². The van der Waals surface area contributed by atoms with Gasteiger partial charge in [0, 0.05) is 23.3 Å². The molecule has 0 aliphatic heterocycles. The minimum atomic E-state index is -3.13. The van der Waals surface area contributed by atoms with Gasteiger partial charge in [0.2, 0.25) is 0 Å². The predicted molar refractivity (Wildman–Crippen MR) is 85.0 cm³/mol. The number of halogens is 2. The summed E-state index contributed by atoms with van der Waals surface area (Å²) in [6.07, 6.45) is 0. The van der Waals surface area contributed by atoms with Crippen LogP contribution < -0.4 is 0 Å². The van der Waals surface area contributed by atoms with Gasteiger partial charge in [-0.15, -0.1) is 0 Å². The summed E-state index contributed by atoms with van der Waals surface area (Å²) < 4.78 is 24.0. The molecule has 0 spiro atoms. The molecule has 0 radical (unpaired) electrons. The standard InChI is InChI=1S/C13H17BrClNO3S/c1-4-20(18,19)8-9(2)16(3)13(17)11-7-10(14)5-6-12(11)15/h5-7,9H,4,8H2,1-3H3/t9-/m1/s1. The molecule has 0 fully saturated rings. The van der Waals surface area contributed by atoms with E-state index in [0.717, 1.165) is 4.47 Å². The van der Waals surface area contributed by atoms with E-state index in [-0.39, 0.29) is 17.4 Å². The van der Waals surface area contributed by atoms with E-state index in [1.807, 2.05) is 0 Å². The molecule has 1 amide bonds. The molecule has 7 heteroatoms. The number of hydrogen-bond donors (Lipinski definition) is 0. The van der Waals surface area contributed by atoms with Crippen molar-refractivity contribution in [3.63, 3.8) is 0 Å². The van der Waals surface area contributed by atoms with Crippen molar-refractivity contribution in [2.24, 2.45) is 0 Å². The zero-order chi connectivity index (χ0) is 15.5. The van der Waals surface area contributed by atoms with Crippen molar-refractivity contribution in [1.29, 1.82) is 0 Å². The summed E-state index contributed by atoms with van der Waals surface area (Å²) in [5.41, 5.74) is 0.351. The fourth-order valence-corrected chi connectivity index (χ4v) is 3.40. The summed E-state index contributed by atoms with van der Waals surface area (Å²) in [5.74, 6) is -0.288. The number of rotatable bonds is 5. The van der Waals surface area contributed by atoms with E-state index in [1.165, 1.54) is 4.90 Å². The minimum absolute atomic E-state index is 0.0582. The molecular formula is C13H17BrClNO3S. The van der Waals surface area contributed by atoms with Gasteiger partial charge in [0.05, 0.1) is 16.3 Å². The van der Waals surface area contributed by atoms with Gasteiger partial charge < -0.3 is 4.90 Å². The molecule has 0 aliphatic rings. The van der Waals surface area contributed by atoms with E-state index in [1.54, 1.807) is 39.1 Å². The van der Waals surface area contributed by atoms with Crippen molar-refractivity contribution in [3.8, 4) is 0 Å². The lowest BCUT2D eigenvalue weighted by atomic mass is 10.2. The van der Waals surface area contributed by atoms with Gasteiger partial charge >= 0.3 is 0 Å². The van der Waals surface area contributed by atoms with Crippen LogP contribution in [0.5, 0.6) is 0 Å². The van der Waals surface area contributed by atoms with Gasteiger partial charge in [-0.25, -0.2) is 8.42 Å². The summed E-state index contributed by atoms with van der Waals surface area (Å²) in [4.78, 5) is 13.8. The van der Waals surface area contributed by atoms with Gasteiger partial charge in [-0.1, -0.05) is 34.5 Å². The fourth-order valence-electron chi connectivity index (χ4n) is 1.65. The van der Waals surface area contributed by atoms with Gasteiger partial charge in [0.1, 0.15) is 0 Å². The largest absolute Gasteiger partial charge is 0.338 e. The second-order valence-corrected chi connectivity index (χ2v) is 8.31. The van der Waals surface area contributed by atoms with Gasteiger partial charge in [-0.3, -0.25) is 4.79 Å². The number of hydrogen-bond acceptors (Lipinski definition) is 3. The average molecular weight is 383 g/mol. The molecule has 1 rings (SSSR count). The highest BCUT2D eigenvalue weighted by Gasteiger charge is 2.23. The first-order valence-corrected chi connectivity index (χ1v) is 9.09.